The van der Waals surface area contributed by atoms with E-state index in [4.69, 9.17) is 4.98 Å². The minimum Gasteiger partial charge on any atom is -0.256 e. The summed E-state index contributed by atoms with van der Waals surface area (Å²) in [7, 11) is 0. The van der Waals surface area contributed by atoms with Gasteiger partial charge in [0.1, 0.15) is 0 Å². The molecule has 0 saturated carbocycles. The molecule has 238 valence electrons. The molecule has 1 nitrogen and oxygen atoms in total. The summed E-state index contributed by atoms with van der Waals surface area (Å²) in [6.45, 7) is 0. The Labute approximate surface area is 300 Å². The Hall–Kier alpha value is -6.35. The first-order valence-electron chi connectivity index (χ1n) is 17.4. The number of hydrogen-bond donors (Lipinski definition) is 0. The van der Waals surface area contributed by atoms with Gasteiger partial charge in [0.2, 0.25) is 0 Å². The van der Waals surface area contributed by atoms with Gasteiger partial charge in [0, 0.05) is 48.3 Å². The van der Waals surface area contributed by atoms with E-state index in [1.54, 1.807) is 0 Å². The van der Waals surface area contributed by atoms with Gasteiger partial charge in [-0.15, -0.1) is 11.3 Å². The maximum Gasteiger partial charge on any atom is 0.0786 e. The third kappa shape index (κ3) is 5.12. The standard InChI is InChI=1S/C49H31NS/c1-4-13-32(14-5-1)39-28-42(34-17-8-3-9-18-34)48-44(30-39)45-31-40(33-15-6-2-7-16-33)29-43(49(45)51-48)38-21-10-20-37(27-38)41-23-11-19-35-24-25-36-22-12-26-50-47(36)46(35)41/h1-31H. The Bertz CT molecular complexity index is 2890. The van der Waals surface area contributed by atoms with Gasteiger partial charge in [-0.3, -0.25) is 4.98 Å². The van der Waals surface area contributed by atoms with Crippen molar-refractivity contribution in [1.82, 2.24) is 4.98 Å². The fourth-order valence-electron chi connectivity index (χ4n) is 7.63. The van der Waals surface area contributed by atoms with Crippen molar-refractivity contribution < 1.29 is 0 Å². The summed E-state index contributed by atoms with van der Waals surface area (Å²) in [6.07, 6.45) is 1.90. The highest BCUT2D eigenvalue weighted by atomic mass is 32.1. The molecule has 0 unspecified atom stereocenters. The SMILES string of the molecule is c1ccc(-c2cc(-c3ccccc3)c3sc4c(-c5cccc(-c6cccc7ccc8cccnc8c67)c5)cc(-c5ccccc5)cc4c3c2)cc1. The normalized spacial score (nSPS) is 11.5. The van der Waals surface area contributed by atoms with Crippen LogP contribution in [0.4, 0.5) is 0 Å². The van der Waals surface area contributed by atoms with Gasteiger partial charge in [0.25, 0.3) is 0 Å². The van der Waals surface area contributed by atoms with Gasteiger partial charge >= 0.3 is 0 Å². The van der Waals surface area contributed by atoms with Crippen LogP contribution in [0, 0.1) is 0 Å². The average molecular weight is 666 g/mol. The highest BCUT2D eigenvalue weighted by Crippen LogP contribution is 2.48. The van der Waals surface area contributed by atoms with Gasteiger partial charge in [-0.25, -0.2) is 0 Å². The van der Waals surface area contributed by atoms with Crippen molar-refractivity contribution in [2.45, 2.75) is 0 Å². The van der Waals surface area contributed by atoms with E-state index in [1.807, 2.05) is 23.6 Å². The van der Waals surface area contributed by atoms with Crippen molar-refractivity contribution in [3.63, 3.8) is 0 Å². The quantitative estimate of drug-likeness (QED) is 0.167. The molecule has 0 saturated heterocycles. The number of aromatic nitrogens is 1. The van der Waals surface area contributed by atoms with E-state index in [0.717, 1.165) is 10.9 Å². The number of fused-ring (bicyclic) bond motifs is 6. The molecule has 0 aliphatic heterocycles. The lowest BCUT2D eigenvalue weighted by molar-refractivity contribution is 1.43. The Morgan fingerprint density at radius 2 is 0.843 bits per heavy atom. The van der Waals surface area contributed by atoms with Crippen LogP contribution in [0.5, 0.6) is 0 Å². The van der Waals surface area contributed by atoms with Crippen molar-refractivity contribution in [2.24, 2.45) is 0 Å². The fourth-order valence-corrected chi connectivity index (χ4v) is 8.97. The van der Waals surface area contributed by atoms with Crippen LogP contribution in [0.2, 0.25) is 0 Å². The number of hydrogen-bond acceptors (Lipinski definition) is 2. The summed E-state index contributed by atoms with van der Waals surface area (Å²) in [6, 6.07) is 66.2. The molecule has 8 aromatic carbocycles. The van der Waals surface area contributed by atoms with Crippen LogP contribution >= 0.6 is 11.3 Å². The van der Waals surface area contributed by atoms with Gasteiger partial charge in [0.05, 0.1) is 5.52 Å². The molecule has 0 amide bonds. The zero-order valence-corrected chi connectivity index (χ0v) is 28.6. The molecule has 0 atom stereocenters. The Morgan fingerprint density at radius 1 is 0.333 bits per heavy atom. The lowest BCUT2D eigenvalue weighted by Crippen LogP contribution is -1.88. The third-order valence-electron chi connectivity index (χ3n) is 10.1. The van der Waals surface area contributed by atoms with Gasteiger partial charge in [-0.2, -0.15) is 0 Å². The predicted molar refractivity (Wildman–Crippen MR) is 219 cm³/mol. The largest absolute Gasteiger partial charge is 0.256 e. The Kier molecular flexibility index (Phi) is 7.07. The molecule has 0 aliphatic rings. The second-order valence-electron chi connectivity index (χ2n) is 13.1. The first kappa shape index (κ1) is 29.6. The van der Waals surface area contributed by atoms with Crippen LogP contribution in [0.15, 0.2) is 188 Å². The molecule has 2 heterocycles. The Balaban J connectivity index is 1.26. The minimum atomic E-state index is 1.04. The van der Waals surface area contributed by atoms with Crippen LogP contribution in [-0.2, 0) is 0 Å². The summed E-state index contributed by atoms with van der Waals surface area (Å²) in [5.74, 6) is 0. The molecule has 51 heavy (non-hydrogen) atoms. The molecule has 0 spiro atoms. The van der Waals surface area contributed by atoms with Crippen molar-refractivity contribution >= 4 is 53.2 Å². The van der Waals surface area contributed by atoms with Crippen molar-refractivity contribution in [3.05, 3.63) is 188 Å². The molecule has 0 bridgehead atoms. The molecule has 0 N–H and O–H groups in total. The zero-order valence-electron chi connectivity index (χ0n) is 27.8. The zero-order chi connectivity index (χ0) is 33.7. The van der Waals surface area contributed by atoms with E-state index in [1.165, 1.54) is 86.6 Å². The number of benzene rings is 8. The molecule has 2 aromatic heterocycles. The lowest BCUT2D eigenvalue weighted by atomic mass is 9.91. The third-order valence-corrected chi connectivity index (χ3v) is 11.4. The van der Waals surface area contributed by atoms with Gasteiger partial charge in [-0.05, 0) is 86.3 Å². The van der Waals surface area contributed by atoms with Gasteiger partial charge in [-0.1, -0.05) is 146 Å². The number of thiophene rings is 1. The molecule has 10 aromatic rings. The molecular weight excluding hydrogens is 635 g/mol. The highest BCUT2D eigenvalue weighted by molar-refractivity contribution is 7.27. The number of rotatable bonds is 5. The average Bonchev–Trinajstić information content (AvgIpc) is 3.59. The number of pyridine rings is 1. The second kappa shape index (κ2) is 12.2. The van der Waals surface area contributed by atoms with Crippen molar-refractivity contribution in [1.29, 1.82) is 0 Å². The van der Waals surface area contributed by atoms with E-state index >= 15 is 0 Å². The van der Waals surface area contributed by atoms with Gasteiger partial charge < -0.3 is 0 Å². The van der Waals surface area contributed by atoms with Gasteiger partial charge in [0.15, 0.2) is 0 Å². The smallest absolute Gasteiger partial charge is 0.0786 e. The Morgan fingerprint density at radius 3 is 1.49 bits per heavy atom. The summed E-state index contributed by atoms with van der Waals surface area (Å²) in [5, 5.41) is 6.12. The van der Waals surface area contributed by atoms with Crippen LogP contribution < -0.4 is 0 Å². The van der Waals surface area contributed by atoms with Crippen LogP contribution in [0.3, 0.4) is 0 Å². The monoisotopic (exact) mass is 665 g/mol. The summed E-state index contributed by atoms with van der Waals surface area (Å²) in [5.41, 5.74) is 13.3. The summed E-state index contributed by atoms with van der Waals surface area (Å²) >= 11 is 1.91. The van der Waals surface area contributed by atoms with Crippen molar-refractivity contribution in [3.8, 4) is 55.6 Å². The summed E-state index contributed by atoms with van der Waals surface area (Å²) < 4.78 is 2.61. The van der Waals surface area contributed by atoms with E-state index in [2.05, 4.69) is 176 Å². The maximum atomic E-state index is 4.85. The molecule has 10 rings (SSSR count). The highest BCUT2D eigenvalue weighted by Gasteiger charge is 2.19. The predicted octanol–water partition coefficient (Wildman–Crippen LogP) is 14.1. The molecule has 0 aliphatic carbocycles. The second-order valence-corrected chi connectivity index (χ2v) is 14.1. The van der Waals surface area contributed by atoms with E-state index in [0.29, 0.717) is 0 Å². The lowest BCUT2D eigenvalue weighted by Gasteiger charge is -2.13. The molecular formula is C49H31NS. The van der Waals surface area contributed by atoms with Crippen molar-refractivity contribution in [2.75, 3.05) is 0 Å². The van der Waals surface area contributed by atoms with E-state index in [-0.39, 0.29) is 0 Å². The minimum absolute atomic E-state index is 1.04. The molecule has 2 heteroatoms. The first-order chi connectivity index (χ1) is 25.3. The van der Waals surface area contributed by atoms with E-state index in [9.17, 15) is 0 Å². The number of nitrogens with zero attached hydrogens (tertiary/aromatic N) is 1. The van der Waals surface area contributed by atoms with E-state index < -0.39 is 0 Å². The molecule has 0 radical (unpaired) electrons. The summed E-state index contributed by atoms with van der Waals surface area (Å²) in [4.78, 5) is 4.85. The van der Waals surface area contributed by atoms with Crippen LogP contribution in [-0.4, -0.2) is 4.98 Å². The topological polar surface area (TPSA) is 12.9 Å². The van der Waals surface area contributed by atoms with Crippen LogP contribution in [0.25, 0.3) is 97.5 Å². The van der Waals surface area contributed by atoms with Crippen LogP contribution in [0.1, 0.15) is 0 Å². The fraction of sp³-hybridized carbons (Fsp3) is 0. The maximum absolute atomic E-state index is 4.85. The molecule has 0 fully saturated rings. The first-order valence-corrected chi connectivity index (χ1v) is 18.2.